The number of carbonyl (C=O) groups is 1. The van der Waals surface area contributed by atoms with Crippen LogP contribution in [0.2, 0.25) is 0 Å². The van der Waals surface area contributed by atoms with Gasteiger partial charge in [-0.1, -0.05) is 18.2 Å². The molecule has 0 unspecified atom stereocenters. The molecule has 0 amide bonds. The first kappa shape index (κ1) is 12.2. The predicted molar refractivity (Wildman–Crippen MR) is 67.1 cm³/mol. The van der Waals surface area contributed by atoms with E-state index in [4.69, 9.17) is 9.15 Å². The molecule has 1 aromatic heterocycles. The lowest BCUT2D eigenvalue weighted by molar-refractivity contribution is -0.142. The van der Waals surface area contributed by atoms with Crippen LogP contribution < -0.4 is 5.76 Å². The Morgan fingerprint density at radius 1 is 1.50 bits per heavy atom. The third-order valence-electron chi connectivity index (χ3n) is 2.35. The van der Waals surface area contributed by atoms with Crippen LogP contribution in [0.4, 0.5) is 0 Å². The van der Waals surface area contributed by atoms with Crippen molar-refractivity contribution in [3.63, 3.8) is 0 Å². The van der Waals surface area contributed by atoms with Crippen LogP contribution in [-0.4, -0.2) is 17.6 Å². The zero-order valence-electron chi connectivity index (χ0n) is 9.93. The number of hydrogen-bond acceptors (Lipinski definition) is 4. The highest BCUT2D eigenvalue weighted by atomic mass is 16.5. The number of nitrogens with one attached hydrogen (secondary N) is 1. The quantitative estimate of drug-likeness (QED) is 0.839. The van der Waals surface area contributed by atoms with Gasteiger partial charge in [-0.25, -0.2) is 4.79 Å². The van der Waals surface area contributed by atoms with Gasteiger partial charge in [-0.05, 0) is 24.6 Å². The summed E-state index contributed by atoms with van der Waals surface area (Å²) in [5.41, 5.74) is 2.01. The Labute approximate surface area is 103 Å². The average molecular weight is 247 g/mol. The van der Waals surface area contributed by atoms with Crippen LogP contribution in [0.25, 0.3) is 17.2 Å². The Balaban J connectivity index is 2.09. The number of ether oxygens (including phenoxy) is 1. The summed E-state index contributed by atoms with van der Waals surface area (Å²) in [7, 11) is 0. The Bertz CT molecular complexity index is 636. The average Bonchev–Trinajstić information content (AvgIpc) is 2.69. The fraction of sp³-hybridized carbons (Fsp3) is 0.231. The smallest absolute Gasteiger partial charge is 0.417 e. The second-order valence-corrected chi connectivity index (χ2v) is 3.68. The third-order valence-corrected chi connectivity index (χ3v) is 2.35. The fourth-order valence-electron chi connectivity index (χ4n) is 1.58. The highest BCUT2D eigenvalue weighted by Crippen LogP contribution is 2.13. The lowest BCUT2D eigenvalue weighted by Gasteiger charge is -1.97. The van der Waals surface area contributed by atoms with Gasteiger partial charge in [0.15, 0.2) is 5.58 Å². The Morgan fingerprint density at radius 3 is 3.11 bits per heavy atom. The maximum atomic E-state index is 11.1. The van der Waals surface area contributed by atoms with E-state index in [0.29, 0.717) is 17.7 Å². The number of fused-ring (bicyclic) bond motifs is 1. The van der Waals surface area contributed by atoms with E-state index in [-0.39, 0.29) is 12.4 Å². The van der Waals surface area contributed by atoms with Crippen LogP contribution in [0.5, 0.6) is 0 Å². The number of hydrogen-bond donors (Lipinski definition) is 1. The zero-order valence-corrected chi connectivity index (χ0v) is 9.93. The van der Waals surface area contributed by atoms with Crippen LogP contribution in [-0.2, 0) is 9.53 Å². The number of esters is 1. The fourth-order valence-corrected chi connectivity index (χ4v) is 1.58. The summed E-state index contributed by atoms with van der Waals surface area (Å²) in [4.78, 5) is 24.6. The van der Waals surface area contributed by atoms with E-state index >= 15 is 0 Å². The van der Waals surface area contributed by atoms with E-state index < -0.39 is 5.76 Å². The lowest BCUT2D eigenvalue weighted by atomic mass is 10.2. The van der Waals surface area contributed by atoms with Gasteiger partial charge in [0.25, 0.3) is 0 Å². The molecule has 18 heavy (non-hydrogen) atoms. The van der Waals surface area contributed by atoms with Crippen molar-refractivity contribution in [2.24, 2.45) is 0 Å². The molecule has 0 saturated heterocycles. The summed E-state index contributed by atoms with van der Waals surface area (Å²) in [6, 6.07) is 5.31. The molecule has 0 aliphatic heterocycles. The second-order valence-electron chi connectivity index (χ2n) is 3.68. The van der Waals surface area contributed by atoms with Crippen LogP contribution >= 0.6 is 0 Å². The van der Waals surface area contributed by atoms with E-state index in [0.717, 1.165) is 5.56 Å². The SMILES string of the molecule is CCOC(=O)CC=Cc1ccc2[nH]c(=O)oc2c1. The Hall–Kier alpha value is -2.30. The Kier molecular flexibility index (Phi) is 3.62. The first-order chi connectivity index (χ1) is 8.69. The molecule has 0 radical (unpaired) electrons. The van der Waals surface area contributed by atoms with Crippen LogP contribution in [0.3, 0.4) is 0 Å². The van der Waals surface area contributed by atoms with E-state index in [1.807, 2.05) is 6.07 Å². The summed E-state index contributed by atoms with van der Waals surface area (Å²) < 4.78 is 9.74. The minimum atomic E-state index is -0.474. The van der Waals surface area contributed by atoms with Gasteiger partial charge >= 0.3 is 11.7 Å². The van der Waals surface area contributed by atoms with Crippen molar-refractivity contribution < 1.29 is 13.9 Å². The van der Waals surface area contributed by atoms with E-state index in [1.54, 1.807) is 31.2 Å². The van der Waals surface area contributed by atoms with E-state index in [2.05, 4.69) is 4.98 Å². The standard InChI is InChI=1S/C13H13NO4/c1-2-17-12(15)5-3-4-9-6-7-10-11(8-9)18-13(16)14-10/h3-4,6-8H,2,5H2,1H3,(H,14,16). The molecule has 0 aliphatic rings. The minimum absolute atomic E-state index is 0.225. The van der Waals surface area contributed by atoms with Crippen molar-refractivity contribution in [2.75, 3.05) is 6.61 Å². The van der Waals surface area contributed by atoms with Crippen molar-refractivity contribution in [1.29, 1.82) is 0 Å². The van der Waals surface area contributed by atoms with Gasteiger partial charge in [0.1, 0.15) is 0 Å². The normalized spacial score (nSPS) is 11.2. The molecule has 0 fully saturated rings. The Morgan fingerprint density at radius 2 is 2.33 bits per heavy atom. The number of rotatable bonds is 4. The summed E-state index contributed by atoms with van der Waals surface area (Å²) >= 11 is 0. The number of aromatic nitrogens is 1. The summed E-state index contributed by atoms with van der Waals surface area (Å²) in [5, 5.41) is 0. The predicted octanol–water partition coefficient (Wildman–Crippen LogP) is 2.09. The van der Waals surface area contributed by atoms with Crippen molar-refractivity contribution in [2.45, 2.75) is 13.3 Å². The molecule has 0 saturated carbocycles. The molecule has 2 rings (SSSR count). The summed E-state index contributed by atoms with van der Waals surface area (Å²) in [6.45, 7) is 2.15. The third kappa shape index (κ3) is 2.88. The van der Waals surface area contributed by atoms with Gasteiger partial charge in [-0.3, -0.25) is 9.78 Å². The zero-order chi connectivity index (χ0) is 13.0. The maximum Gasteiger partial charge on any atom is 0.417 e. The molecule has 1 heterocycles. The highest BCUT2D eigenvalue weighted by Gasteiger charge is 2.01. The van der Waals surface area contributed by atoms with Crippen molar-refractivity contribution in [3.8, 4) is 0 Å². The van der Waals surface area contributed by atoms with Crippen LogP contribution in [0.1, 0.15) is 18.9 Å². The van der Waals surface area contributed by atoms with Crippen molar-refractivity contribution >= 4 is 23.1 Å². The molecule has 0 aliphatic carbocycles. The minimum Gasteiger partial charge on any atom is -0.466 e. The van der Waals surface area contributed by atoms with Gasteiger partial charge in [0, 0.05) is 0 Å². The van der Waals surface area contributed by atoms with Gasteiger partial charge in [-0.2, -0.15) is 0 Å². The molecule has 1 N–H and O–H groups in total. The molecule has 1 aromatic carbocycles. The number of benzene rings is 1. The monoisotopic (exact) mass is 247 g/mol. The second kappa shape index (κ2) is 5.35. The van der Waals surface area contributed by atoms with Gasteiger partial charge in [-0.15, -0.1) is 0 Å². The van der Waals surface area contributed by atoms with Gasteiger partial charge in [0.05, 0.1) is 18.5 Å². The van der Waals surface area contributed by atoms with Gasteiger partial charge < -0.3 is 9.15 Å². The number of carbonyl (C=O) groups excluding carboxylic acids is 1. The first-order valence-electron chi connectivity index (χ1n) is 5.64. The summed E-state index contributed by atoms with van der Waals surface area (Å²) in [6.07, 6.45) is 3.72. The molecule has 0 bridgehead atoms. The van der Waals surface area contributed by atoms with E-state index in [9.17, 15) is 9.59 Å². The largest absolute Gasteiger partial charge is 0.466 e. The van der Waals surface area contributed by atoms with Gasteiger partial charge in [0.2, 0.25) is 0 Å². The van der Waals surface area contributed by atoms with Crippen molar-refractivity contribution in [3.05, 3.63) is 40.4 Å². The molecule has 5 heteroatoms. The number of oxazole rings is 1. The summed E-state index contributed by atoms with van der Waals surface area (Å²) in [5.74, 6) is -0.736. The highest BCUT2D eigenvalue weighted by molar-refractivity contribution is 5.76. The molecule has 2 aromatic rings. The van der Waals surface area contributed by atoms with Crippen LogP contribution in [0.15, 0.2) is 33.5 Å². The topological polar surface area (TPSA) is 72.3 Å². The molecular weight excluding hydrogens is 234 g/mol. The first-order valence-corrected chi connectivity index (χ1v) is 5.64. The number of aromatic amines is 1. The molecule has 0 atom stereocenters. The van der Waals surface area contributed by atoms with Crippen LogP contribution in [0, 0.1) is 0 Å². The molecule has 5 nitrogen and oxygen atoms in total. The number of H-pyrrole nitrogens is 1. The molecule has 94 valence electrons. The molecular formula is C13H13NO4. The van der Waals surface area contributed by atoms with E-state index in [1.165, 1.54) is 0 Å². The molecule has 0 spiro atoms. The lowest BCUT2D eigenvalue weighted by Crippen LogP contribution is -2.01. The van der Waals surface area contributed by atoms with Crippen molar-refractivity contribution in [1.82, 2.24) is 4.98 Å². The maximum absolute atomic E-state index is 11.1.